The van der Waals surface area contributed by atoms with Crippen LogP contribution in [-0.4, -0.2) is 36.3 Å². The molecule has 0 atom stereocenters. The molecular formula is C20H20N2O4. The Kier molecular flexibility index (Phi) is 5.31. The van der Waals surface area contributed by atoms with E-state index in [1.54, 1.807) is 25.2 Å². The first-order valence-electron chi connectivity index (χ1n) is 8.41. The predicted molar refractivity (Wildman–Crippen MR) is 96.6 cm³/mol. The standard InChI is InChI=1S/C20H20N2O4/c1-22(12-14-5-3-2-4-6-14)19(24)13-26-20(25)16-7-9-17-15(11-16)8-10-18(23)21-17/h2-7,9,11H,8,10,12-13H2,1H3,(H,21,23). The largest absolute Gasteiger partial charge is 0.452 e. The second-order valence-corrected chi connectivity index (χ2v) is 6.23. The molecule has 2 amide bonds. The molecule has 1 aliphatic rings. The number of rotatable bonds is 5. The summed E-state index contributed by atoms with van der Waals surface area (Å²) in [5.74, 6) is -0.849. The fourth-order valence-corrected chi connectivity index (χ4v) is 2.78. The second kappa shape index (κ2) is 7.82. The average molecular weight is 352 g/mol. The van der Waals surface area contributed by atoms with Crippen LogP contribution in [-0.2, 0) is 27.3 Å². The zero-order valence-corrected chi connectivity index (χ0v) is 14.5. The molecule has 0 aliphatic carbocycles. The molecule has 1 aliphatic heterocycles. The van der Waals surface area contributed by atoms with E-state index in [0.29, 0.717) is 24.9 Å². The number of carbonyl (C=O) groups is 3. The third-order valence-corrected chi connectivity index (χ3v) is 4.25. The molecule has 2 aromatic rings. The molecule has 0 unspecified atom stereocenters. The van der Waals surface area contributed by atoms with Crippen molar-refractivity contribution in [2.75, 3.05) is 19.0 Å². The summed E-state index contributed by atoms with van der Waals surface area (Å²) >= 11 is 0. The lowest BCUT2D eigenvalue weighted by atomic mass is 10.0. The minimum Gasteiger partial charge on any atom is -0.452 e. The maximum absolute atomic E-state index is 12.2. The minimum absolute atomic E-state index is 0.0279. The normalized spacial score (nSPS) is 12.7. The fourth-order valence-electron chi connectivity index (χ4n) is 2.78. The van der Waals surface area contributed by atoms with Crippen LogP contribution in [0.3, 0.4) is 0 Å². The van der Waals surface area contributed by atoms with Gasteiger partial charge >= 0.3 is 5.97 Å². The third kappa shape index (κ3) is 4.27. The zero-order valence-electron chi connectivity index (χ0n) is 14.5. The molecule has 0 aromatic heterocycles. The quantitative estimate of drug-likeness (QED) is 0.839. The molecule has 2 aromatic carbocycles. The molecule has 6 heteroatoms. The highest BCUT2D eigenvalue weighted by molar-refractivity contribution is 5.96. The molecule has 1 heterocycles. The Morgan fingerprint density at radius 1 is 1.12 bits per heavy atom. The van der Waals surface area contributed by atoms with Gasteiger partial charge in [-0.05, 0) is 35.7 Å². The van der Waals surface area contributed by atoms with E-state index in [4.69, 9.17) is 4.74 Å². The van der Waals surface area contributed by atoms with Crippen LogP contribution in [0.25, 0.3) is 0 Å². The Labute approximate surface area is 151 Å². The molecule has 3 rings (SSSR count). The van der Waals surface area contributed by atoms with Gasteiger partial charge in [0, 0.05) is 25.7 Å². The zero-order chi connectivity index (χ0) is 18.5. The Balaban J connectivity index is 1.55. The van der Waals surface area contributed by atoms with Crippen LogP contribution in [0.2, 0.25) is 0 Å². The SMILES string of the molecule is CN(Cc1ccccc1)C(=O)COC(=O)c1ccc2c(c1)CCC(=O)N2. The van der Waals surface area contributed by atoms with Crippen molar-refractivity contribution < 1.29 is 19.1 Å². The first-order chi connectivity index (χ1) is 12.5. The molecule has 0 saturated carbocycles. The van der Waals surface area contributed by atoms with E-state index in [0.717, 1.165) is 16.8 Å². The van der Waals surface area contributed by atoms with E-state index in [1.807, 2.05) is 30.3 Å². The smallest absolute Gasteiger partial charge is 0.338 e. The van der Waals surface area contributed by atoms with Gasteiger partial charge in [0.25, 0.3) is 5.91 Å². The Morgan fingerprint density at radius 2 is 1.88 bits per heavy atom. The van der Waals surface area contributed by atoms with Gasteiger partial charge in [0.2, 0.25) is 5.91 Å². The van der Waals surface area contributed by atoms with Crippen molar-refractivity contribution in [1.29, 1.82) is 0 Å². The maximum atomic E-state index is 12.2. The Morgan fingerprint density at radius 3 is 2.65 bits per heavy atom. The number of aryl methyl sites for hydroxylation is 1. The van der Waals surface area contributed by atoms with E-state index in [-0.39, 0.29) is 18.4 Å². The van der Waals surface area contributed by atoms with Crippen molar-refractivity contribution in [1.82, 2.24) is 4.90 Å². The molecular weight excluding hydrogens is 332 g/mol. The first-order valence-corrected chi connectivity index (χ1v) is 8.41. The molecule has 0 bridgehead atoms. The highest BCUT2D eigenvalue weighted by Crippen LogP contribution is 2.23. The topological polar surface area (TPSA) is 75.7 Å². The summed E-state index contributed by atoms with van der Waals surface area (Å²) in [6.07, 6.45) is 0.981. The van der Waals surface area contributed by atoms with Crippen LogP contribution >= 0.6 is 0 Å². The molecule has 134 valence electrons. The molecule has 0 saturated heterocycles. The highest BCUT2D eigenvalue weighted by atomic mass is 16.5. The maximum Gasteiger partial charge on any atom is 0.338 e. The van der Waals surface area contributed by atoms with Gasteiger partial charge in [0.05, 0.1) is 5.56 Å². The highest BCUT2D eigenvalue weighted by Gasteiger charge is 2.18. The van der Waals surface area contributed by atoms with Crippen LogP contribution in [0.15, 0.2) is 48.5 Å². The van der Waals surface area contributed by atoms with E-state index in [2.05, 4.69) is 5.32 Å². The Bertz CT molecular complexity index is 833. The van der Waals surface area contributed by atoms with Gasteiger partial charge in [0.15, 0.2) is 6.61 Å². The van der Waals surface area contributed by atoms with Crippen LogP contribution in [0.4, 0.5) is 5.69 Å². The fraction of sp³-hybridized carbons (Fsp3) is 0.250. The summed E-state index contributed by atoms with van der Waals surface area (Å²) in [5, 5.41) is 2.76. The summed E-state index contributed by atoms with van der Waals surface area (Å²) in [6.45, 7) is 0.145. The van der Waals surface area contributed by atoms with Crippen molar-refractivity contribution in [3.63, 3.8) is 0 Å². The number of fused-ring (bicyclic) bond motifs is 1. The number of anilines is 1. The van der Waals surface area contributed by atoms with E-state index in [9.17, 15) is 14.4 Å². The molecule has 0 spiro atoms. The lowest BCUT2D eigenvalue weighted by Gasteiger charge is -2.18. The van der Waals surface area contributed by atoms with Crippen LogP contribution in [0, 0.1) is 0 Å². The van der Waals surface area contributed by atoms with Gasteiger partial charge in [-0.2, -0.15) is 0 Å². The summed E-state index contributed by atoms with van der Waals surface area (Å²) in [7, 11) is 1.67. The predicted octanol–water partition coefficient (Wildman–Crippen LogP) is 2.39. The number of nitrogens with one attached hydrogen (secondary N) is 1. The van der Waals surface area contributed by atoms with Crippen molar-refractivity contribution in [3.05, 3.63) is 65.2 Å². The number of nitrogens with zero attached hydrogens (tertiary/aromatic N) is 1. The Hall–Kier alpha value is -3.15. The number of hydrogen-bond acceptors (Lipinski definition) is 4. The number of ether oxygens (including phenoxy) is 1. The summed E-state index contributed by atoms with van der Waals surface area (Å²) in [5.41, 5.74) is 2.99. The van der Waals surface area contributed by atoms with Crippen molar-refractivity contribution in [2.24, 2.45) is 0 Å². The first kappa shape index (κ1) is 17.7. The summed E-state index contributed by atoms with van der Waals surface area (Å²) < 4.78 is 5.14. The average Bonchev–Trinajstić information content (AvgIpc) is 2.66. The van der Waals surface area contributed by atoms with Gasteiger partial charge in [-0.1, -0.05) is 30.3 Å². The van der Waals surface area contributed by atoms with Gasteiger partial charge in [0.1, 0.15) is 0 Å². The number of benzene rings is 2. The number of carbonyl (C=O) groups excluding carboxylic acids is 3. The lowest BCUT2D eigenvalue weighted by molar-refractivity contribution is -0.133. The molecule has 1 N–H and O–H groups in total. The molecule has 6 nitrogen and oxygen atoms in total. The van der Waals surface area contributed by atoms with Crippen LogP contribution in [0.1, 0.15) is 27.9 Å². The number of amides is 2. The number of hydrogen-bond donors (Lipinski definition) is 1. The van der Waals surface area contributed by atoms with E-state index in [1.165, 1.54) is 4.90 Å². The van der Waals surface area contributed by atoms with Gasteiger partial charge < -0.3 is 15.0 Å². The lowest BCUT2D eigenvalue weighted by Crippen LogP contribution is -2.30. The molecule has 0 fully saturated rings. The van der Waals surface area contributed by atoms with Crippen molar-refractivity contribution in [2.45, 2.75) is 19.4 Å². The number of likely N-dealkylation sites (N-methyl/N-ethyl adjacent to an activating group) is 1. The van der Waals surface area contributed by atoms with E-state index < -0.39 is 5.97 Å². The summed E-state index contributed by atoms with van der Waals surface area (Å²) in [6, 6.07) is 14.6. The molecule has 0 radical (unpaired) electrons. The van der Waals surface area contributed by atoms with Crippen molar-refractivity contribution in [3.8, 4) is 0 Å². The van der Waals surface area contributed by atoms with E-state index >= 15 is 0 Å². The van der Waals surface area contributed by atoms with Crippen LogP contribution < -0.4 is 5.32 Å². The van der Waals surface area contributed by atoms with Gasteiger partial charge in [-0.15, -0.1) is 0 Å². The van der Waals surface area contributed by atoms with Crippen LogP contribution in [0.5, 0.6) is 0 Å². The summed E-state index contributed by atoms with van der Waals surface area (Å²) in [4.78, 5) is 37.2. The monoisotopic (exact) mass is 352 g/mol. The van der Waals surface area contributed by atoms with Gasteiger partial charge in [-0.3, -0.25) is 9.59 Å². The minimum atomic E-state index is -0.550. The third-order valence-electron chi connectivity index (χ3n) is 4.25. The van der Waals surface area contributed by atoms with Crippen molar-refractivity contribution >= 4 is 23.5 Å². The van der Waals surface area contributed by atoms with Gasteiger partial charge in [-0.25, -0.2) is 4.79 Å². The number of esters is 1. The second-order valence-electron chi connectivity index (χ2n) is 6.23. The molecule has 26 heavy (non-hydrogen) atoms.